The molecule has 0 aliphatic carbocycles. The van der Waals surface area contributed by atoms with Gasteiger partial charge in [-0.1, -0.05) is 6.08 Å². The van der Waals surface area contributed by atoms with Crippen LogP contribution in [0.1, 0.15) is 13.3 Å². The number of carbonyl (C=O) groups excluding carboxylic acids is 1. The molecule has 0 aromatic heterocycles. The van der Waals surface area contributed by atoms with E-state index in [1.165, 1.54) is 11.0 Å². The predicted octanol–water partition coefficient (Wildman–Crippen LogP) is 0.511. The van der Waals surface area contributed by atoms with Crippen LogP contribution in [-0.4, -0.2) is 47.7 Å². The number of ether oxygens (including phenoxy) is 1. The average molecular weight is 227 g/mol. The second-order valence-electron chi connectivity index (χ2n) is 3.98. The lowest BCUT2D eigenvalue weighted by molar-refractivity contribution is -0.145. The van der Waals surface area contributed by atoms with Gasteiger partial charge in [0, 0.05) is 6.54 Å². The SMILES string of the molecule is C=CCN(CC(=O)O)C(=O)C1COC(C)C1. The molecule has 0 bridgehead atoms. The predicted molar refractivity (Wildman–Crippen MR) is 57.9 cm³/mol. The summed E-state index contributed by atoms with van der Waals surface area (Å²) < 4.78 is 5.30. The molecule has 2 unspecified atom stereocenters. The number of carbonyl (C=O) groups is 2. The van der Waals surface area contributed by atoms with E-state index in [2.05, 4.69) is 6.58 Å². The molecule has 5 heteroatoms. The maximum atomic E-state index is 12.0. The van der Waals surface area contributed by atoms with Crippen molar-refractivity contribution >= 4 is 11.9 Å². The molecule has 0 aromatic carbocycles. The first-order chi connectivity index (χ1) is 7.54. The molecule has 1 aliphatic rings. The van der Waals surface area contributed by atoms with Gasteiger partial charge < -0.3 is 14.7 Å². The number of amides is 1. The largest absolute Gasteiger partial charge is 0.480 e. The zero-order valence-corrected chi connectivity index (χ0v) is 9.39. The number of nitrogens with zero attached hydrogens (tertiary/aromatic N) is 1. The molecule has 0 aromatic rings. The highest BCUT2D eigenvalue weighted by molar-refractivity contribution is 5.83. The fourth-order valence-corrected chi connectivity index (χ4v) is 1.80. The zero-order valence-electron chi connectivity index (χ0n) is 9.39. The highest BCUT2D eigenvalue weighted by Crippen LogP contribution is 2.21. The molecule has 1 rings (SSSR count). The summed E-state index contributed by atoms with van der Waals surface area (Å²) in [6.45, 7) is 5.78. The molecular weight excluding hydrogens is 210 g/mol. The Labute approximate surface area is 94.7 Å². The van der Waals surface area contributed by atoms with Crippen molar-refractivity contribution in [1.29, 1.82) is 0 Å². The van der Waals surface area contributed by atoms with Crippen LogP contribution in [-0.2, 0) is 14.3 Å². The Morgan fingerprint density at radius 2 is 2.31 bits per heavy atom. The van der Waals surface area contributed by atoms with Gasteiger partial charge in [0.1, 0.15) is 6.54 Å². The first-order valence-corrected chi connectivity index (χ1v) is 5.27. The summed E-state index contributed by atoms with van der Waals surface area (Å²) in [5.74, 6) is -1.39. The third kappa shape index (κ3) is 3.34. The lowest BCUT2D eigenvalue weighted by Gasteiger charge is -2.21. The first-order valence-electron chi connectivity index (χ1n) is 5.27. The number of carboxylic acids is 1. The van der Waals surface area contributed by atoms with Gasteiger partial charge in [0.05, 0.1) is 18.6 Å². The van der Waals surface area contributed by atoms with E-state index in [4.69, 9.17) is 9.84 Å². The summed E-state index contributed by atoms with van der Waals surface area (Å²) in [6, 6.07) is 0. The van der Waals surface area contributed by atoms with Crippen LogP contribution in [0.15, 0.2) is 12.7 Å². The Kier molecular flexibility index (Phi) is 4.49. The molecule has 1 saturated heterocycles. The summed E-state index contributed by atoms with van der Waals surface area (Å²) in [5, 5.41) is 8.69. The molecule has 2 atom stereocenters. The molecule has 1 amide bonds. The lowest BCUT2D eigenvalue weighted by atomic mass is 10.0. The maximum Gasteiger partial charge on any atom is 0.323 e. The minimum atomic E-state index is -1.01. The van der Waals surface area contributed by atoms with Crippen LogP contribution in [0.4, 0.5) is 0 Å². The Bertz CT molecular complexity index is 290. The van der Waals surface area contributed by atoms with Gasteiger partial charge in [0.2, 0.25) is 5.91 Å². The average Bonchev–Trinajstić information content (AvgIpc) is 2.62. The standard InChI is InChI=1S/C11H17NO4/c1-3-4-12(6-10(13)14)11(15)9-5-8(2)16-7-9/h3,8-9H,1,4-7H2,2H3,(H,13,14). The van der Waals surface area contributed by atoms with Gasteiger partial charge in [-0.3, -0.25) is 9.59 Å². The summed E-state index contributed by atoms with van der Waals surface area (Å²) in [6.07, 6.45) is 2.26. The molecule has 0 radical (unpaired) electrons. The van der Waals surface area contributed by atoms with Crippen molar-refractivity contribution in [3.05, 3.63) is 12.7 Å². The van der Waals surface area contributed by atoms with Crippen molar-refractivity contribution in [1.82, 2.24) is 4.90 Å². The van der Waals surface area contributed by atoms with Crippen LogP contribution in [0.25, 0.3) is 0 Å². The Morgan fingerprint density at radius 1 is 1.62 bits per heavy atom. The molecule has 16 heavy (non-hydrogen) atoms. The Morgan fingerprint density at radius 3 is 2.75 bits per heavy atom. The van der Waals surface area contributed by atoms with E-state index < -0.39 is 5.97 Å². The summed E-state index contributed by atoms with van der Waals surface area (Å²) >= 11 is 0. The normalized spacial score (nSPS) is 24.1. The third-order valence-electron chi connectivity index (χ3n) is 2.53. The van der Waals surface area contributed by atoms with Gasteiger partial charge in [-0.15, -0.1) is 6.58 Å². The minimum Gasteiger partial charge on any atom is -0.480 e. The van der Waals surface area contributed by atoms with Crippen LogP contribution in [0, 0.1) is 5.92 Å². The van der Waals surface area contributed by atoms with Crippen molar-refractivity contribution in [3.8, 4) is 0 Å². The van der Waals surface area contributed by atoms with E-state index in [9.17, 15) is 9.59 Å². The molecule has 5 nitrogen and oxygen atoms in total. The number of hydrogen-bond donors (Lipinski definition) is 1. The second kappa shape index (κ2) is 5.65. The van der Waals surface area contributed by atoms with Crippen molar-refractivity contribution in [2.24, 2.45) is 5.92 Å². The van der Waals surface area contributed by atoms with Gasteiger partial charge in [-0.25, -0.2) is 0 Å². The third-order valence-corrected chi connectivity index (χ3v) is 2.53. The van der Waals surface area contributed by atoms with E-state index >= 15 is 0 Å². The number of hydrogen-bond acceptors (Lipinski definition) is 3. The number of carboxylic acid groups (broad SMARTS) is 1. The molecule has 0 spiro atoms. The Balaban J connectivity index is 2.59. The van der Waals surface area contributed by atoms with Gasteiger partial charge in [-0.2, -0.15) is 0 Å². The van der Waals surface area contributed by atoms with Crippen molar-refractivity contribution < 1.29 is 19.4 Å². The Hall–Kier alpha value is -1.36. The van der Waals surface area contributed by atoms with Crippen LogP contribution < -0.4 is 0 Å². The molecule has 1 fully saturated rings. The van der Waals surface area contributed by atoms with E-state index in [1.807, 2.05) is 6.92 Å². The van der Waals surface area contributed by atoms with Crippen LogP contribution in [0.2, 0.25) is 0 Å². The number of aliphatic carboxylic acids is 1. The number of rotatable bonds is 5. The smallest absolute Gasteiger partial charge is 0.323 e. The minimum absolute atomic E-state index is 0.0735. The highest BCUT2D eigenvalue weighted by atomic mass is 16.5. The maximum absolute atomic E-state index is 12.0. The van der Waals surface area contributed by atoms with Gasteiger partial charge in [0.15, 0.2) is 0 Å². The van der Waals surface area contributed by atoms with Crippen LogP contribution >= 0.6 is 0 Å². The van der Waals surface area contributed by atoms with E-state index in [0.29, 0.717) is 13.0 Å². The van der Waals surface area contributed by atoms with Gasteiger partial charge in [0.25, 0.3) is 0 Å². The van der Waals surface area contributed by atoms with Crippen molar-refractivity contribution in [3.63, 3.8) is 0 Å². The lowest BCUT2D eigenvalue weighted by Crippen LogP contribution is -2.40. The second-order valence-corrected chi connectivity index (χ2v) is 3.98. The quantitative estimate of drug-likeness (QED) is 0.695. The van der Waals surface area contributed by atoms with Crippen LogP contribution in [0.3, 0.4) is 0 Å². The fourth-order valence-electron chi connectivity index (χ4n) is 1.80. The topological polar surface area (TPSA) is 66.8 Å². The molecular formula is C11H17NO4. The van der Waals surface area contributed by atoms with E-state index in [-0.39, 0.29) is 31.0 Å². The fraction of sp³-hybridized carbons (Fsp3) is 0.636. The van der Waals surface area contributed by atoms with Crippen LogP contribution in [0.5, 0.6) is 0 Å². The van der Waals surface area contributed by atoms with E-state index in [1.54, 1.807) is 0 Å². The molecule has 1 N–H and O–H groups in total. The van der Waals surface area contributed by atoms with Gasteiger partial charge >= 0.3 is 5.97 Å². The molecule has 0 saturated carbocycles. The van der Waals surface area contributed by atoms with E-state index in [0.717, 1.165) is 0 Å². The zero-order chi connectivity index (χ0) is 12.1. The monoisotopic (exact) mass is 227 g/mol. The first kappa shape index (κ1) is 12.7. The van der Waals surface area contributed by atoms with Crippen molar-refractivity contribution in [2.45, 2.75) is 19.4 Å². The summed E-state index contributed by atoms with van der Waals surface area (Å²) in [4.78, 5) is 23.9. The molecule has 90 valence electrons. The van der Waals surface area contributed by atoms with Gasteiger partial charge in [-0.05, 0) is 13.3 Å². The van der Waals surface area contributed by atoms with Crippen molar-refractivity contribution in [2.75, 3.05) is 19.7 Å². The summed E-state index contributed by atoms with van der Waals surface area (Å²) in [5.41, 5.74) is 0. The summed E-state index contributed by atoms with van der Waals surface area (Å²) in [7, 11) is 0. The molecule has 1 aliphatic heterocycles. The highest BCUT2D eigenvalue weighted by Gasteiger charge is 2.31. The molecule has 1 heterocycles.